The highest BCUT2D eigenvalue weighted by molar-refractivity contribution is 5.92. The lowest BCUT2D eigenvalue weighted by Crippen LogP contribution is -2.46. The first kappa shape index (κ1) is 21.7. The molecule has 0 unspecified atom stereocenters. The largest absolute Gasteiger partial charge is 0.352 e. The number of nitrogens with zero attached hydrogens (tertiary/aromatic N) is 1. The van der Waals surface area contributed by atoms with E-state index in [1.165, 1.54) is 0 Å². The fraction of sp³-hybridized carbons (Fsp3) is 0.500. The van der Waals surface area contributed by atoms with Crippen LogP contribution < -0.4 is 21.3 Å². The summed E-state index contributed by atoms with van der Waals surface area (Å²) < 4.78 is 0. The zero-order valence-corrected chi connectivity index (χ0v) is 17.3. The molecule has 3 rings (SSSR count). The molecule has 0 aromatic heterocycles. The quantitative estimate of drug-likeness (QED) is 0.538. The molecular weight excluding hydrogens is 382 g/mol. The normalized spacial score (nSPS) is 19.1. The average Bonchev–Trinajstić information content (AvgIpc) is 3.26. The van der Waals surface area contributed by atoms with E-state index in [2.05, 4.69) is 27.8 Å². The Labute approximate surface area is 177 Å². The molecule has 1 atom stereocenters. The first-order valence-electron chi connectivity index (χ1n) is 10.7. The Bertz CT molecular complexity index is 759. The summed E-state index contributed by atoms with van der Waals surface area (Å²) in [6, 6.07) is 6.85. The minimum absolute atomic E-state index is 0.0429. The van der Waals surface area contributed by atoms with Gasteiger partial charge in [-0.1, -0.05) is 18.9 Å². The molecule has 1 aromatic rings. The number of carbonyl (C=O) groups is 3. The van der Waals surface area contributed by atoms with Gasteiger partial charge in [0.05, 0.1) is 5.92 Å². The van der Waals surface area contributed by atoms with Gasteiger partial charge in [0.25, 0.3) is 0 Å². The first-order valence-corrected chi connectivity index (χ1v) is 10.7. The smallest absolute Gasteiger partial charge is 0.321 e. The third-order valence-corrected chi connectivity index (χ3v) is 5.58. The molecule has 0 spiro atoms. The summed E-state index contributed by atoms with van der Waals surface area (Å²) in [6.07, 6.45) is 7.60. The standard InChI is InChI=1S/C22H31N5O3/c1-2-13-23-20(28)16-6-5-14-27(15-16)22(30)26-19-11-9-18(10-12-19)25-21(29)24-17-7-3-4-8-17/h2,9-12,16-17H,1,3-8,13-15H2,(H,23,28)(H,26,30)(H2,24,25,29)/t16-/m0/s1. The van der Waals surface area contributed by atoms with Gasteiger partial charge in [0.1, 0.15) is 0 Å². The molecule has 0 bridgehead atoms. The van der Waals surface area contributed by atoms with E-state index in [0.29, 0.717) is 31.0 Å². The Morgan fingerprint density at radius 1 is 1.00 bits per heavy atom. The van der Waals surface area contributed by atoms with Gasteiger partial charge in [-0.25, -0.2) is 9.59 Å². The van der Waals surface area contributed by atoms with Crippen molar-refractivity contribution in [1.82, 2.24) is 15.5 Å². The second kappa shape index (κ2) is 10.7. The summed E-state index contributed by atoms with van der Waals surface area (Å²) in [4.78, 5) is 38.5. The van der Waals surface area contributed by atoms with Crippen molar-refractivity contribution in [2.75, 3.05) is 30.3 Å². The third kappa shape index (κ3) is 6.23. The molecule has 1 heterocycles. The minimum atomic E-state index is -0.226. The molecule has 1 saturated carbocycles. The number of nitrogens with one attached hydrogen (secondary N) is 4. The molecule has 1 aromatic carbocycles. The Morgan fingerprint density at radius 3 is 2.33 bits per heavy atom. The number of benzene rings is 1. The fourth-order valence-corrected chi connectivity index (χ4v) is 3.95. The average molecular weight is 414 g/mol. The Morgan fingerprint density at radius 2 is 1.67 bits per heavy atom. The second-order valence-electron chi connectivity index (χ2n) is 7.91. The number of amides is 5. The van der Waals surface area contributed by atoms with Crippen molar-refractivity contribution in [3.63, 3.8) is 0 Å². The third-order valence-electron chi connectivity index (χ3n) is 5.58. The maximum Gasteiger partial charge on any atom is 0.321 e. The number of rotatable bonds is 6. The van der Waals surface area contributed by atoms with Crippen LogP contribution in [-0.4, -0.2) is 48.5 Å². The molecule has 4 N–H and O–H groups in total. The molecule has 8 heteroatoms. The van der Waals surface area contributed by atoms with E-state index < -0.39 is 0 Å². The molecule has 1 aliphatic heterocycles. The van der Waals surface area contributed by atoms with Crippen molar-refractivity contribution in [2.24, 2.45) is 5.92 Å². The van der Waals surface area contributed by atoms with Gasteiger partial charge in [0.2, 0.25) is 5.91 Å². The number of urea groups is 2. The van der Waals surface area contributed by atoms with Gasteiger partial charge in [-0.2, -0.15) is 0 Å². The van der Waals surface area contributed by atoms with Crippen LogP contribution in [-0.2, 0) is 4.79 Å². The van der Waals surface area contributed by atoms with E-state index in [1.807, 2.05) is 0 Å². The van der Waals surface area contributed by atoms with Crippen molar-refractivity contribution >= 4 is 29.3 Å². The molecule has 5 amide bonds. The monoisotopic (exact) mass is 413 g/mol. The van der Waals surface area contributed by atoms with Gasteiger partial charge in [-0.3, -0.25) is 4.79 Å². The minimum Gasteiger partial charge on any atom is -0.352 e. The lowest BCUT2D eigenvalue weighted by Gasteiger charge is -2.32. The molecule has 8 nitrogen and oxygen atoms in total. The Balaban J connectivity index is 1.47. The van der Waals surface area contributed by atoms with Crippen molar-refractivity contribution in [3.05, 3.63) is 36.9 Å². The van der Waals surface area contributed by atoms with Gasteiger partial charge in [0, 0.05) is 37.1 Å². The van der Waals surface area contributed by atoms with Crippen molar-refractivity contribution in [1.29, 1.82) is 0 Å². The van der Waals surface area contributed by atoms with Crippen LogP contribution in [0.4, 0.5) is 21.0 Å². The lowest BCUT2D eigenvalue weighted by atomic mass is 9.97. The van der Waals surface area contributed by atoms with Gasteiger partial charge in [-0.05, 0) is 49.9 Å². The molecule has 1 aliphatic carbocycles. The predicted octanol–water partition coefficient (Wildman–Crippen LogP) is 3.30. The molecule has 1 saturated heterocycles. The number of hydrogen-bond acceptors (Lipinski definition) is 3. The summed E-state index contributed by atoms with van der Waals surface area (Å²) in [7, 11) is 0. The van der Waals surface area contributed by atoms with E-state index in [0.717, 1.165) is 38.5 Å². The van der Waals surface area contributed by atoms with Gasteiger partial charge < -0.3 is 26.2 Å². The highest BCUT2D eigenvalue weighted by Crippen LogP contribution is 2.20. The molecule has 30 heavy (non-hydrogen) atoms. The molecule has 0 radical (unpaired) electrons. The van der Waals surface area contributed by atoms with Crippen LogP contribution >= 0.6 is 0 Å². The summed E-state index contributed by atoms with van der Waals surface area (Å²) in [5.74, 6) is -0.242. The highest BCUT2D eigenvalue weighted by atomic mass is 16.2. The van der Waals surface area contributed by atoms with Crippen LogP contribution in [0.2, 0.25) is 0 Å². The summed E-state index contributed by atoms with van der Waals surface area (Å²) in [6.45, 7) is 5.05. The summed E-state index contributed by atoms with van der Waals surface area (Å²) in [5.41, 5.74) is 1.31. The predicted molar refractivity (Wildman–Crippen MR) is 117 cm³/mol. The number of anilines is 2. The second-order valence-corrected chi connectivity index (χ2v) is 7.91. The molecule has 2 fully saturated rings. The van der Waals surface area contributed by atoms with E-state index in [-0.39, 0.29) is 29.9 Å². The summed E-state index contributed by atoms with van der Waals surface area (Å²) in [5, 5.41) is 11.5. The number of likely N-dealkylation sites (tertiary alicyclic amines) is 1. The SMILES string of the molecule is C=CCNC(=O)[C@H]1CCCN(C(=O)Nc2ccc(NC(=O)NC3CCCC3)cc2)C1. The lowest BCUT2D eigenvalue weighted by molar-refractivity contribution is -0.126. The van der Waals surface area contributed by atoms with E-state index in [4.69, 9.17) is 0 Å². The fourth-order valence-electron chi connectivity index (χ4n) is 3.95. The number of piperidine rings is 1. The van der Waals surface area contributed by atoms with E-state index in [9.17, 15) is 14.4 Å². The summed E-state index contributed by atoms with van der Waals surface area (Å²) >= 11 is 0. The van der Waals surface area contributed by atoms with Crippen LogP contribution in [0.5, 0.6) is 0 Å². The van der Waals surface area contributed by atoms with Gasteiger partial charge in [-0.15, -0.1) is 6.58 Å². The Kier molecular flexibility index (Phi) is 7.70. The van der Waals surface area contributed by atoms with Crippen LogP contribution in [0.3, 0.4) is 0 Å². The number of hydrogen-bond donors (Lipinski definition) is 4. The van der Waals surface area contributed by atoms with Gasteiger partial charge >= 0.3 is 12.1 Å². The van der Waals surface area contributed by atoms with Crippen molar-refractivity contribution in [3.8, 4) is 0 Å². The van der Waals surface area contributed by atoms with Crippen molar-refractivity contribution in [2.45, 2.75) is 44.6 Å². The van der Waals surface area contributed by atoms with Crippen LogP contribution in [0.25, 0.3) is 0 Å². The topological polar surface area (TPSA) is 103 Å². The number of carbonyl (C=O) groups excluding carboxylic acids is 3. The molecular formula is C22H31N5O3. The van der Waals surface area contributed by atoms with Crippen molar-refractivity contribution < 1.29 is 14.4 Å². The zero-order chi connectivity index (χ0) is 21.3. The zero-order valence-electron chi connectivity index (χ0n) is 17.3. The molecule has 2 aliphatic rings. The maximum atomic E-state index is 12.6. The Hall–Kier alpha value is -3.03. The first-order chi connectivity index (χ1) is 14.5. The van der Waals surface area contributed by atoms with Crippen LogP contribution in [0, 0.1) is 5.92 Å². The van der Waals surface area contributed by atoms with Crippen LogP contribution in [0.15, 0.2) is 36.9 Å². The molecule has 162 valence electrons. The van der Waals surface area contributed by atoms with Gasteiger partial charge in [0.15, 0.2) is 0 Å². The van der Waals surface area contributed by atoms with Crippen LogP contribution in [0.1, 0.15) is 38.5 Å². The van der Waals surface area contributed by atoms with E-state index >= 15 is 0 Å². The highest BCUT2D eigenvalue weighted by Gasteiger charge is 2.28. The van der Waals surface area contributed by atoms with E-state index in [1.54, 1.807) is 35.2 Å². The maximum absolute atomic E-state index is 12.6.